The van der Waals surface area contributed by atoms with Gasteiger partial charge in [-0.3, -0.25) is 0 Å². The van der Waals surface area contributed by atoms with Crippen molar-refractivity contribution in [2.24, 2.45) is 0 Å². The molecule has 0 amide bonds. The molecule has 0 aromatic heterocycles. The second kappa shape index (κ2) is 3.38. The van der Waals surface area contributed by atoms with Gasteiger partial charge in [0.05, 0.1) is 15.1 Å². The molecular formula is C7H3BrClF3O. The zero-order valence-corrected chi connectivity index (χ0v) is 8.33. The third-order valence-corrected chi connectivity index (χ3v) is 2.47. The Hall–Kier alpha value is -0.420. The van der Waals surface area contributed by atoms with Gasteiger partial charge in [0.2, 0.25) is 0 Å². The summed E-state index contributed by atoms with van der Waals surface area (Å²) in [6.07, 6.45) is -4.57. The highest BCUT2D eigenvalue weighted by molar-refractivity contribution is 9.10. The fourth-order valence-electron chi connectivity index (χ4n) is 0.801. The van der Waals surface area contributed by atoms with Crippen molar-refractivity contribution in [1.82, 2.24) is 0 Å². The zero-order chi connectivity index (χ0) is 10.2. The quantitative estimate of drug-likeness (QED) is 0.763. The molecule has 0 saturated carbocycles. The van der Waals surface area contributed by atoms with Crippen LogP contribution in [0.1, 0.15) is 5.56 Å². The third kappa shape index (κ3) is 2.08. The molecule has 0 spiro atoms. The van der Waals surface area contributed by atoms with Crippen molar-refractivity contribution in [2.45, 2.75) is 6.18 Å². The van der Waals surface area contributed by atoms with Crippen LogP contribution in [-0.2, 0) is 6.18 Å². The van der Waals surface area contributed by atoms with Gasteiger partial charge in [0.1, 0.15) is 5.75 Å². The van der Waals surface area contributed by atoms with Gasteiger partial charge in [-0.2, -0.15) is 13.2 Å². The van der Waals surface area contributed by atoms with Crippen molar-refractivity contribution in [3.63, 3.8) is 0 Å². The van der Waals surface area contributed by atoms with Crippen LogP contribution in [0.25, 0.3) is 0 Å². The summed E-state index contributed by atoms with van der Waals surface area (Å²) in [6.45, 7) is 0. The predicted molar refractivity (Wildman–Crippen MR) is 45.8 cm³/mol. The van der Waals surface area contributed by atoms with E-state index < -0.39 is 27.0 Å². The Balaban J connectivity index is 3.43. The Morgan fingerprint density at radius 3 is 2.23 bits per heavy atom. The molecule has 0 unspecified atom stereocenters. The maximum absolute atomic E-state index is 12.3. The fraction of sp³-hybridized carbons (Fsp3) is 0.143. The first kappa shape index (κ1) is 10.7. The van der Waals surface area contributed by atoms with E-state index in [-0.39, 0.29) is 0 Å². The molecule has 6 heteroatoms. The summed E-state index contributed by atoms with van der Waals surface area (Å²) < 4.78 is 36.4. The second-order valence-electron chi connectivity index (χ2n) is 2.25. The van der Waals surface area contributed by atoms with Crippen LogP contribution in [0.4, 0.5) is 13.2 Å². The summed E-state index contributed by atoms with van der Waals surface area (Å²) >= 11 is 7.94. The lowest BCUT2D eigenvalue weighted by atomic mass is 10.2. The molecule has 1 N–H and O–H groups in total. The van der Waals surface area contributed by atoms with Crippen molar-refractivity contribution in [3.05, 3.63) is 27.2 Å². The van der Waals surface area contributed by atoms with Crippen LogP contribution in [0, 0.1) is 0 Å². The molecule has 0 bridgehead atoms. The van der Waals surface area contributed by atoms with Gasteiger partial charge in [-0.05, 0) is 28.1 Å². The lowest BCUT2D eigenvalue weighted by Gasteiger charge is -2.11. The van der Waals surface area contributed by atoms with Crippen LogP contribution in [0.15, 0.2) is 16.6 Å². The minimum Gasteiger partial charge on any atom is -0.507 e. The Kier molecular flexibility index (Phi) is 2.77. The highest BCUT2D eigenvalue weighted by Crippen LogP contribution is 2.43. The van der Waals surface area contributed by atoms with E-state index in [0.717, 1.165) is 12.1 Å². The largest absolute Gasteiger partial charge is 0.507 e. The van der Waals surface area contributed by atoms with E-state index in [2.05, 4.69) is 15.9 Å². The molecule has 1 aromatic rings. The lowest BCUT2D eigenvalue weighted by Crippen LogP contribution is -2.06. The molecule has 1 rings (SSSR count). The zero-order valence-electron chi connectivity index (χ0n) is 5.99. The van der Waals surface area contributed by atoms with Crippen molar-refractivity contribution in [1.29, 1.82) is 0 Å². The average Bonchev–Trinajstić information content (AvgIpc) is 1.95. The van der Waals surface area contributed by atoms with Crippen LogP contribution in [0.3, 0.4) is 0 Å². The normalized spacial score (nSPS) is 11.8. The highest BCUT2D eigenvalue weighted by atomic mass is 79.9. The number of rotatable bonds is 0. The molecule has 0 saturated heterocycles. The summed E-state index contributed by atoms with van der Waals surface area (Å²) in [5.41, 5.74) is -1.06. The first-order valence-corrected chi connectivity index (χ1v) is 4.25. The van der Waals surface area contributed by atoms with Crippen LogP contribution < -0.4 is 0 Å². The fourth-order valence-corrected chi connectivity index (χ4v) is 1.75. The maximum Gasteiger partial charge on any atom is 0.419 e. The van der Waals surface area contributed by atoms with E-state index >= 15 is 0 Å². The second-order valence-corrected chi connectivity index (χ2v) is 3.45. The third-order valence-electron chi connectivity index (χ3n) is 1.35. The molecule has 0 fully saturated rings. The predicted octanol–water partition coefficient (Wildman–Crippen LogP) is 3.83. The molecule has 1 nitrogen and oxygen atoms in total. The van der Waals surface area contributed by atoms with Gasteiger partial charge < -0.3 is 5.11 Å². The molecule has 72 valence electrons. The molecule has 0 heterocycles. The van der Waals surface area contributed by atoms with Gasteiger partial charge >= 0.3 is 6.18 Å². The Bertz CT molecular complexity index is 337. The first-order valence-electron chi connectivity index (χ1n) is 3.08. The molecule has 0 atom stereocenters. The number of halogens is 5. The summed E-state index contributed by atoms with van der Waals surface area (Å²) in [4.78, 5) is 0. The Labute approximate surface area is 85.3 Å². The van der Waals surface area contributed by atoms with Crippen LogP contribution >= 0.6 is 27.5 Å². The number of hydrogen-bond donors (Lipinski definition) is 1. The van der Waals surface area contributed by atoms with Crippen LogP contribution in [0.5, 0.6) is 5.75 Å². The summed E-state index contributed by atoms with van der Waals surface area (Å²) in [5.74, 6) is -0.489. The summed E-state index contributed by atoms with van der Waals surface area (Å²) in [5, 5.41) is 8.54. The molecule has 1 aromatic carbocycles. The number of hydrogen-bond acceptors (Lipinski definition) is 1. The standard InChI is InChI=1S/C7H3BrClF3O/c8-6-4(13)2-1-3(9)5(6)7(10,11)12/h1-2,13H. The van der Waals surface area contributed by atoms with Crippen molar-refractivity contribution in [3.8, 4) is 5.75 Å². The van der Waals surface area contributed by atoms with Gasteiger partial charge in [-0.25, -0.2) is 0 Å². The Morgan fingerprint density at radius 2 is 1.85 bits per heavy atom. The Morgan fingerprint density at radius 1 is 1.31 bits per heavy atom. The van der Waals surface area contributed by atoms with Gasteiger partial charge in [0.15, 0.2) is 0 Å². The maximum atomic E-state index is 12.3. The van der Waals surface area contributed by atoms with Gasteiger partial charge in [-0.1, -0.05) is 11.6 Å². The number of benzene rings is 1. The molecule has 0 aliphatic heterocycles. The molecule has 13 heavy (non-hydrogen) atoms. The smallest absolute Gasteiger partial charge is 0.419 e. The van der Waals surface area contributed by atoms with E-state index in [1.807, 2.05) is 0 Å². The minimum atomic E-state index is -4.57. The monoisotopic (exact) mass is 274 g/mol. The number of alkyl halides is 3. The van der Waals surface area contributed by atoms with Gasteiger partial charge in [0.25, 0.3) is 0 Å². The van der Waals surface area contributed by atoms with Crippen molar-refractivity contribution in [2.75, 3.05) is 0 Å². The first-order chi connectivity index (χ1) is 5.84. The van der Waals surface area contributed by atoms with E-state index in [4.69, 9.17) is 16.7 Å². The number of phenolic OH excluding ortho intramolecular Hbond substituents is 1. The van der Waals surface area contributed by atoms with E-state index in [0.29, 0.717) is 0 Å². The van der Waals surface area contributed by atoms with Crippen molar-refractivity contribution < 1.29 is 18.3 Å². The van der Waals surface area contributed by atoms with E-state index in [1.165, 1.54) is 0 Å². The van der Waals surface area contributed by atoms with Crippen LogP contribution in [0.2, 0.25) is 5.02 Å². The molecule has 0 aliphatic rings. The topological polar surface area (TPSA) is 20.2 Å². The van der Waals surface area contributed by atoms with E-state index in [9.17, 15) is 13.2 Å². The SMILES string of the molecule is Oc1ccc(Cl)c(C(F)(F)F)c1Br. The highest BCUT2D eigenvalue weighted by Gasteiger charge is 2.36. The van der Waals surface area contributed by atoms with E-state index in [1.54, 1.807) is 0 Å². The van der Waals surface area contributed by atoms with Gasteiger partial charge in [-0.15, -0.1) is 0 Å². The summed E-state index contributed by atoms with van der Waals surface area (Å²) in [7, 11) is 0. The number of aromatic hydroxyl groups is 1. The van der Waals surface area contributed by atoms with Crippen molar-refractivity contribution >= 4 is 27.5 Å². The van der Waals surface area contributed by atoms with Crippen LogP contribution in [-0.4, -0.2) is 5.11 Å². The minimum absolute atomic E-state index is 0.437. The molecular weight excluding hydrogens is 272 g/mol. The lowest BCUT2D eigenvalue weighted by molar-refractivity contribution is -0.138. The van der Waals surface area contributed by atoms with Gasteiger partial charge in [0, 0.05) is 0 Å². The summed E-state index contributed by atoms with van der Waals surface area (Å²) in [6, 6.07) is 2.08. The molecule has 0 aliphatic carbocycles. The number of phenols is 1. The molecule has 0 radical (unpaired) electrons. The average molecular weight is 275 g/mol.